The lowest BCUT2D eigenvalue weighted by molar-refractivity contribution is -0.154. The summed E-state index contributed by atoms with van der Waals surface area (Å²) in [5.41, 5.74) is 0.981. The molecule has 3 aliphatic heterocycles. The summed E-state index contributed by atoms with van der Waals surface area (Å²) >= 11 is 1.61. The number of carbonyl (C=O) groups excluding carboxylic acids is 3. The van der Waals surface area contributed by atoms with E-state index in [1.54, 1.807) is 28.8 Å². The largest absolute Gasteiger partial charge is 0.465 e. The van der Waals surface area contributed by atoms with Gasteiger partial charge < -0.3 is 19.6 Å². The van der Waals surface area contributed by atoms with Crippen LogP contribution in [0.1, 0.15) is 25.3 Å². The lowest BCUT2D eigenvalue weighted by atomic mass is 9.66. The van der Waals surface area contributed by atoms with E-state index in [0.29, 0.717) is 19.5 Å². The smallest absolute Gasteiger partial charge is 0.310 e. The average Bonchev–Trinajstić information content (AvgIpc) is 3.43. The first kappa shape index (κ1) is 25.5. The van der Waals surface area contributed by atoms with Gasteiger partial charge in [-0.1, -0.05) is 49.4 Å². The number of carbonyl (C=O) groups is 3. The summed E-state index contributed by atoms with van der Waals surface area (Å²) in [5, 5.41) is 9.73. The SMILES string of the molecule is C=CCCOC(=O)[C@@H]1[C@H]2C(=O)N(CCO)C(C(=O)N(CC=C)Cc3ccccc3)C23S[C@@H]1CC3C. The van der Waals surface area contributed by atoms with Crippen LogP contribution in [-0.4, -0.2) is 75.0 Å². The first-order valence-corrected chi connectivity index (χ1v) is 13.1. The van der Waals surface area contributed by atoms with Crippen LogP contribution in [0.5, 0.6) is 0 Å². The van der Waals surface area contributed by atoms with Crippen molar-refractivity contribution < 1.29 is 24.2 Å². The molecule has 6 atom stereocenters. The highest BCUT2D eigenvalue weighted by Crippen LogP contribution is 2.68. The molecule has 188 valence electrons. The minimum atomic E-state index is -0.758. The molecular formula is C27H34N2O5S. The molecule has 0 aromatic heterocycles. The molecule has 8 heteroatoms. The van der Waals surface area contributed by atoms with Crippen molar-refractivity contribution in [1.29, 1.82) is 0 Å². The molecular weight excluding hydrogens is 464 g/mol. The van der Waals surface area contributed by atoms with Gasteiger partial charge in [0.2, 0.25) is 11.8 Å². The lowest BCUT2D eigenvalue weighted by Crippen LogP contribution is -2.57. The second-order valence-electron chi connectivity index (χ2n) is 9.55. The fourth-order valence-electron chi connectivity index (χ4n) is 6.12. The summed E-state index contributed by atoms with van der Waals surface area (Å²) in [5.74, 6) is -1.94. The zero-order valence-corrected chi connectivity index (χ0v) is 21.0. The third-order valence-corrected chi connectivity index (χ3v) is 9.61. The summed E-state index contributed by atoms with van der Waals surface area (Å²) in [7, 11) is 0. The Kier molecular flexibility index (Phi) is 7.71. The summed E-state index contributed by atoms with van der Waals surface area (Å²) in [6, 6.07) is 8.95. The molecule has 3 heterocycles. The van der Waals surface area contributed by atoms with Crippen LogP contribution >= 0.6 is 11.8 Å². The van der Waals surface area contributed by atoms with E-state index in [-0.39, 0.29) is 48.7 Å². The van der Waals surface area contributed by atoms with Gasteiger partial charge in [0, 0.05) is 24.9 Å². The lowest BCUT2D eigenvalue weighted by Gasteiger charge is -2.40. The van der Waals surface area contributed by atoms with E-state index in [1.165, 1.54) is 4.90 Å². The third kappa shape index (κ3) is 4.31. The number of benzene rings is 1. The van der Waals surface area contributed by atoms with Gasteiger partial charge in [-0.15, -0.1) is 24.9 Å². The minimum absolute atomic E-state index is 0.0525. The third-order valence-electron chi connectivity index (χ3n) is 7.54. The number of β-amino-alcohol motifs (C(OH)–C–C–N with tert-alkyl or cyclic N) is 1. The Morgan fingerprint density at radius 1 is 1.29 bits per heavy atom. The standard InChI is InChI=1S/C27H34N2O5S/c1-4-6-15-34-26(33)21-20-16-18(3)27(35-20)22(21)24(31)29(13-14-30)23(27)25(32)28(12-5-2)17-19-10-8-7-9-11-19/h4-5,7-11,18,20-23,30H,1-2,6,12-17H2,3H3/t18?,20-,21+,22+,23?,27?/m1/s1. The number of hydrogen-bond acceptors (Lipinski definition) is 6. The van der Waals surface area contributed by atoms with Crippen molar-refractivity contribution in [2.24, 2.45) is 17.8 Å². The van der Waals surface area contributed by atoms with Gasteiger partial charge in [-0.05, 0) is 24.3 Å². The number of likely N-dealkylation sites (tertiary alicyclic amines) is 1. The molecule has 0 aliphatic carbocycles. The Morgan fingerprint density at radius 3 is 2.69 bits per heavy atom. The molecule has 2 bridgehead atoms. The first-order chi connectivity index (χ1) is 16.9. The van der Waals surface area contributed by atoms with Crippen LogP contribution < -0.4 is 0 Å². The second kappa shape index (κ2) is 10.6. The fraction of sp³-hybridized carbons (Fsp3) is 0.519. The fourth-order valence-corrected chi connectivity index (χ4v) is 8.52. The molecule has 2 amide bonds. The maximum absolute atomic E-state index is 14.2. The number of aliphatic hydroxyl groups is 1. The maximum Gasteiger partial charge on any atom is 0.310 e. The number of fused-ring (bicyclic) bond motifs is 1. The van der Waals surface area contributed by atoms with E-state index in [4.69, 9.17) is 4.74 Å². The van der Waals surface area contributed by atoms with Crippen LogP contribution in [0.15, 0.2) is 55.6 Å². The van der Waals surface area contributed by atoms with E-state index in [1.807, 2.05) is 30.3 Å². The molecule has 3 aliphatic rings. The first-order valence-electron chi connectivity index (χ1n) is 12.2. The molecule has 35 heavy (non-hydrogen) atoms. The number of rotatable bonds is 11. The average molecular weight is 499 g/mol. The topological polar surface area (TPSA) is 87.1 Å². The van der Waals surface area contributed by atoms with Crippen LogP contribution in [0.2, 0.25) is 0 Å². The summed E-state index contributed by atoms with van der Waals surface area (Å²) < 4.78 is 4.78. The monoisotopic (exact) mass is 498 g/mol. The molecule has 0 saturated carbocycles. The van der Waals surface area contributed by atoms with Crippen molar-refractivity contribution in [2.45, 2.75) is 42.3 Å². The molecule has 3 unspecified atom stereocenters. The summed E-state index contributed by atoms with van der Waals surface area (Å²) in [6.07, 6.45) is 4.66. The molecule has 4 rings (SSSR count). The van der Waals surface area contributed by atoms with Crippen LogP contribution in [0.4, 0.5) is 0 Å². The van der Waals surface area contributed by atoms with Gasteiger partial charge in [0.05, 0.1) is 29.8 Å². The van der Waals surface area contributed by atoms with E-state index >= 15 is 0 Å². The number of nitrogens with zero attached hydrogens (tertiary/aromatic N) is 2. The normalized spacial score (nSPS) is 30.7. The molecule has 3 saturated heterocycles. The van der Waals surface area contributed by atoms with Crippen molar-refractivity contribution >= 4 is 29.5 Å². The van der Waals surface area contributed by atoms with E-state index < -0.39 is 22.6 Å². The Hall–Kier alpha value is -2.58. The Balaban J connectivity index is 1.69. The van der Waals surface area contributed by atoms with Crippen LogP contribution in [0.3, 0.4) is 0 Å². The zero-order chi connectivity index (χ0) is 25.2. The van der Waals surface area contributed by atoms with Crippen molar-refractivity contribution in [1.82, 2.24) is 9.80 Å². The van der Waals surface area contributed by atoms with Crippen molar-refractivity contribution in [3.05, 3.63) is 61.2 Å². The Labute approximate surface area is 211 Å². The Bertz CT molecular complexity index is 985. The van der Waals surface area contributed by atoms with E-state index in [9.17, 15) is 19.5 Å². The van der Waals surface area contributed by atoms with Gasteiger partial charge in [-0.3, -0.25) is 14.4 Å². The molecule has 1 N–H and O–H groups in total. The van der Waals surface area contributed by atoms with Crippen molar-refractivity contribution in [3.8, 4) is 0 Å². The van der Waals surface area contributed by atoms with Gasteiger partial charge >= 0.3 is 5.97 Å². The summed E-state index contributed by atoms with van der Waals surface area (Å²) in [6.45, 7) is 10.3. The minimum Gasteiger partial charge on any atom is -0.465 e. The van der Waals surface area contributed by atoms with Gasteiger partial charge in [-0.25, -0.2) is 0 Å². The van der Waals surface area contributed by atoms with Gasteiger partial charge in [0.25, 0.3) is 0 Å². The highest BCUT2D eigenvalue weighted by molar-refractivity contribution is 8.02. The van der Waals surface area contributed by atoms with Gasteiger partial charge in [0.15, 0.2) is 0 Å². The quantitative estimate of drug-likeness (QED) is 0.287. The maximum atomic E-state index is 14.2. The van der Waals surface area contributed by atoms with Crippen molar-refractivity contribution in [3.63, 3.8) is 0 Å². The number of aliphatic hydroxyl groups excluding tert-OH is 1. The highest BCUT2D eigenvalue weighted by Gasteiger charge is 2.76. The zero-order valence-electron chi connectivity index (χ0n) is 20.2. The molecule has 1 aromatic carbocycles. The number of hydrogen-bond donors (Lipinski definition) is 1. The van der Waals surface area contributed by atoms with Crippen LogP contribution in [0.25, 0.3) is 0 Å². The summed E-state index contributed by atoms with van der Waals surface area (Å²) in [4.78, 5) is 44.3. The van der Waals surface area contributed by atoms with E-state index in [0.717, 1.165) is 12.0 Å². The van der Waals surface area contributed by atoms with Crippen LogP contribution in [-0.2, 0) is 25.7 Å². The number of esters is 1. The van der Waals surface area contributed by atoms with Crippen LogP contribution in [0, 0.1) is 17.8 Å². The molecule has 1 aromatic rings. The molecule has 0 radical (unpaired) electrons. The second-order valence-corrected chi connectivity index (χ2v) is 11.1. The predicted octanol–water partition coefficient (Wildman–Crippen LogP) is 2.65. The van der Waals surface area contributed by atoms with Gasteiger partial charge in [0.1, 0.15) is 6.04 Å². The van der Waals surface area contributed by atoms with E-state index in [2.05, 4.69) is 20.1 Å². The molecule has 3 fully saturated rings. The predicted molar refractivity (Wildman–Crippen MR) is 135 cm³/mol. The molecule has 7 nitrogen and oxygen atoms in total. The number of ether oxygens (including phenoxy) is 1. The highest BCUT2D eigenvalue weighted by atomic mass is 32.2. The number of thioether (sulfide) groups is 1. The van der Waals surface area contributed by atoms with Crippen molar-refractivity contribution in [2.75, 3.05) is 26.3 Å². The Morgan fingerprint density at radius 2 is 2.03 bits per heavy atom. The number of amides is 2. The van der Waals surface area contributed by atoms with Gasteiger partial charge in [-0.2, -0.15) is 0 Å². The molecule has 1 spiro atoms.